The monoisotopic (exact) mass is 427 g/mol. The van der Waals surface area contributed by atoms with Crippen LogP contribution in [0.1, 0.15) is 43.3 Å². The van der Waals surface area contributed by atoms with E-state index in [4.69, 9.17) is 20.9 Å². The van der Waals surface area contributed by atoms with Crippen LogP contribution in [-0.2, 0) is 16.1 Å². The van der Waals surface area contributed by atoms with Crippen molar-refractivity contribution < 1.29 is 14.1 Å². The molecule has 6 nitrogen and oxygen atoms in total. The lowest BCUT2D eigenvalue weighted by Crippen LogP contribution is -2.35. The van der Waals surface area contributed by atoms with Crippen LogP contribution in [0.15, 0.2) is 53.1 Å². The molecule has 0 radical (unpaired) electrons. The molecule has 1 aromatic heterocycles. The molecule has 7 heteroatoms. The zero-order valence-electron chi connectivity index (χ0n) is 17.4. The quantitative estimate of drug-likeness (QED) is 0.512. The number of ether oxygens (including phenoxy) is 1. The minimum absolute atomic E-state index is 0.0452. The van der Waals surface area contributed by atoms with Gasteiger partial charge in [0.1, 0.15) is 12.6 Å². The number of amides is 1. The van der Waals surface area contributed by atoms with E-state index >= 15 is 0 Å². The van der Waals surface area contributed by atoms with Crippen molar-refractivity contribution in [2.45, 2.75) is 39.8 Å². The maximum atomic E-state index is 12.5. The lowest BCUT2D eigenvalue weighted by molar-refractivity contribution is -0.127. The fourth-order valence-electron chi connectivity index (χ4n) is 2.94. The summed E-state index contributed by atoms with van der Waals surface area (Å²) >= 11 is 6.21. The molecule has 3 rings (SSSR count). The van der Waals surface area contributed by atoms with E-state index in [1.54, 1.807) is 6.07 Å². The Balaban J connectivity index is 1.66. The van der Waals surface area contributed by atoms with E-state index in [-0.39, 0.29) is 18.4 Å². The van der Waals surface area contributed by atoms with Crippen molar-refractivity contribution in [3.63, 3.8) is 0 Å². The average Bonchev–Trinajstić information content (AvgIpc) is 3.24. The summed E-state index contributed by atoms with van der Waals surface area (Å²) in [4.78, 5) is 17.0. The highest BCUT2D eigenvalue weighted by Crippen LogP contribution is 2.27. The molecule has 0 fully saturated rings. The van der Waals surface area contributed by atoms with Crippen LogP contribution in [0, 0.1) is 12.8 Å². The van der Waals surface area contributed by atoms with E-state index in [1.165, 1.54) is 0 Å². The van der Waals surface area contributed by atoms with E-state index in [9.17, 15) is 4.79 Å². The zero-order chi connectivity index (χ0) is 21.5. The van der Waals surface area contributed by atoms with Gasteiger partial charge >= 0.3 is 0 Å². The molecule has 0 saturated heterocycles. The second kappa shape index (κ2) is 10.4. The predicted octanol–water partition coefficient (Wildman–Crippen LogP) is 5.12. The van der Waals surface area contributed by atoms with Crippen molar-refractivity contribution in [2.75, 3.05) is 6.61 Å². The normalized spacial score (nSPS) is 13.1. The van der Waals surface area contributed by atoms with Crippen LogP contribution in [-0.4, -0.2) is 22.7 Å². The summed E-state index contributed by atoms with van der Waals surface area (Å²) in [6, 6.07) is 14.9. The van der Waals surface area contributed by atoms with Crippen LogP contribution >= 0.6 is 11.6 Å². The molecule has 0 bridgehead atoms. The number of carbonyl (C=O) groups excluding carboxylic acids is 1. The largest absolute Gasteiger partial charge is 0.367 e. The number of nitrogens with zero attached hydrogens (tertiary/aromatic N) is 2. The molecule has 0 saturated carbocycles. The maximum absolute atomic E-state index is 12.5. The lowest BCUT2D eigenvalue weighted by Gasteiger charge is -2.20. The molecule has 1 heterocycles. The Morgan fingerprint density at radius 2 is 2.00 bits per heavy atom. The second-order valence-electron chi connectivity index (χ2n) is 7.33. The lowest BCUT2D eigenvalue weighted by atomic mass is 9.99. The molecule has 2 atom stereocenters. The van der Waals surface area contributed by atoms with E-state index in [2.05, 4.69) is 15.5 Å². The summed E-state index contributed by atoms with van der Waals surface area (Å²) in [6.45, 7) is 6.34. The van der Waals surface area contributed by atoms with E-state index in [0.717, 1.165) is 23.1 Å². The first kappa shape index (κ1) is 22.0. The van der Waals surface area contributed by atoms with Gasteiger partial charge in [0.25, 0.3) is 0 Å². The number of halogens is 1. The molecule has 1 N–H and O–H groups in total. The molecule has 30 heavy (non-hydrogen) atoms. The number of aromatic nitrogens is 2. The highest BCUT2D eigenvalue weighted by molar-refractivity contribution is 6.31. The van der Waals surface area contributed by atoms with E-state index in [1.807, 2.05) is 63.2 Å². The van der Waals surface area contributed by atoms with Gasteiger partial charge in [0.15, 0.2) is 0 Å². The van der Waals surface area contributed by atoms with E-state index in [0.29, 0.717) is 23.3 Å². The summed E-state index contributed by atoms with van der Waals surface area (Å²) in [5.74, 6) is 0.689. The van der Waals surface area contributed by atoms with Crippen molar-refractivity contribution in [1.82, 2.24) is 15.5 Å². The van der Waals surface area contributed by atoms with Gasteiger partial charge in [0, 0.05) is 10.6 Å². The molecular formula is C23H26ClN3O3. The summed E-state index contributed by atoms with van der Waals surface area (Å²) in [7, 11) is 0. The molecular weight excluding hydrogens is 402 g/mol. The summed E-state index contributed by atoms with van der Waals surface area (Å²) in [5, 5.41) is 7.69. The molecule has 0 aliphatic rings. The van der Waals surface area contributed by atoms with Gasteiger partial charge in [-0.15, -0.1) is 0 Å². The molecule has 0 aliphatic carbocycles. The Morgan fingerprint density at radius 1 is 1.23 bits per heavy atom. The van der Waals surface area contributed by atoms with Gasteiger partial charge in [-0.1, -0.05) is 79.5 Å². The Labute approximate surface area is 181 Å². The molecule has 158 valence electrons. The van der Waals surface area contributed by atoms with Gasteiger partial charge in [0.05, 0.1) is 6.61 Å². The van der Waals surface area contributed by atoms with Crippen LogP contribution in [0.4, 0.5) is 0 Å². The Hall–Kier alpha value is -2.70. The number of hydrogen-bond acceptors (Lipinski definition) is 5. The highest BCUT2D eigenvalue weighted by Gasteiger charge is 2.26. The van der Waals surface area contributed by atoms with Gasteiger partial charge in [-0.3, -0.25) is 4.79 Å². The van der Waals surface area contributed by atoms with Gasteiger partial charge < -0.3 is 14.6 Å². The fourth-order valence-corrected chi connectivity index (χ4v) is 3.13. The first-order valence-electron chi connectivity index (χ1n) is 9.99. The molecule has 2 aromatic carbocycles. The number of benzene rings is 2. The van der Waals surface area contributed by atoms with Crippen LogP contribution in [0.5, 0.6) is 0 Å². The average molecular weight is 428 g/mol. The maximum Gasteiger partial charge on any atom is 0.249 e. The third kappa shape index (κ3) is 5.68. The van der Waals surface area contributed by atoms with Crippen molar-refractivity contribution in [3.8, 4) is 11.4 Å². The van der Waals surface area contributed by atoms with E-state index < -0.39 is 6.04 Å². The third-order valence-electron chi connectivity index (χ3n) is 5.01. The SMILES string of the molecule is CC[C@H](C)[C@@H](NC(=O)COCc1ccccc1)c1nc(-c2ccc(C)c(Cl)c2)no1. The van der Waals surface area contributed by atoms with Crippen LogP contribution in [0.3, 0.4) is 0 Å². The fraction of sp³-hybridized carbons (Fsp3) is 0.348. The Bertz CT molecular complexity index is 975. The zero-order valence-corrected chi connectivity index (χ0v) is 18.1. The molecule has 0 unspecified atom stereocenters. The second-order valence-corrected chi connectivity index (χ2v) is 7.74. The van der Waals surface area contributed by atoms with Gasteiger partial charge in [-0.05, 0) is 30.0 Å². The number of carbonyl (C=O) groups is 1. The first-order chi connectivity index (χ1) is 14.5. The van der Waals surface area contributed by atoms with Gasteiger partial charge in [-0.25, -0.2) is 0 Å². The van der Waals surface area contributed by atoms with Crippen LogP contribution in [0.2, 0.25) is 5.02 Å². The van der Waals surface area contributed by atoms with Crippen molar-refractivity contribution >= 4 is 17.5 Å². The van der Waals surface area contributed by atoms with Crippen molar-refractivity contribution in [3.05, 3.63) is 70.6 Å². The first-order valence-corrected chi connectivity index (χ1v) is 10.4. The molecule has 0 aliphatic heterocycles. The number of aryl methyl sites for hydroxylation is 1. The van der Waals surface area contributed by atoms with Gasteiger partial charge in [-0.2, -0.15) is 4.98 Å². The van der Waals surface area contributed by atoms with Crippen LogP contribution < -0.4 is 5.32 Å². The molecule has 3 aromatic rings. The Kier molecular flexibility index (Phi) is 7.60. The van der Waals surface area contributed by atoms with Crippen molar-refractivity contribution in [1.29, 1.82) is 0 Å². The summed E-state index contributed by atoms with van der Waals surface area (Å²) in [6.07, 6.45) is 0.837. The van der Waals surface area contributed by atoms with Crippen LogP contribution in [0.25, 0.3) is 11.4 Å². The summed E-state index contributed by atoms with van der Waals surface area (Å²) < 4.78 is 11.0. The number of hydrogen-bond donors (Lipinski definition) is 1. The molecule has 0 spiro atoms. The van der Waals surface area contributed by atoms with Crippen molar-refractivity contribution in [2.24, 2.45) is 5.92 Å². The minimum atomic E-state index is -0.398. The Morgan fingerprint density at radius 3 is 2.70 bits per heavy atom. The minimum Gasteiger partial charge on any atom is -0.367 e. The number of rotatable bonds is 9. The highest BCUT2D eigenvalue weighted by atomic mass is 35.5. The predicted molar refractivity (Wildman–Crippen MR) is 116 cm³/mol. The molecule has 1 amide bonds. The standard InChI is InChI=1S/C23H26ClN3O3/c1-4-15(2)21(25-20(28)14-29-13-17-8-6-5-7-9-17)23-26-22(27-30-23)18-11-10-16(3)19(24)12-18/h5-12,15,21H,4,13-14H2,1-3H3,(H,25,28)/t15-,21+/m0/s1. The van der Waals surface area contributed by atoms with Gasteiger partial charge in [0.2, 0.25) is 17.6 Å². The smallest absolute Gasteiger partial charge is 0.249 e. The topological polar surface area (TPSA) is 77.2 Å². The summed E-state index contributed by atoms with van der Waals surface area (Å²) in [5.41, 5.74) is 2.76. The number of nitrogens with one attached hydrogen (secondary N) is 1. The third-order valence-corrected chi connectivity index (χ3v) is 5.42.